The Labute approximate surface area is 162 Å². The monoisotopic (exact) mass is 386 g/mol. The van der Waals surface area contributed by atoms with Crippen molar-refractivity contribution < 1.29 is 4.79 Å². The van der Waals surface area contributed by atoms with Gasteiger partial charge in [0.2, 0.25) is 5.91 Å². The summed E-state index contributed by atoms with van der Waals surface area (Å²) in [5.74, 6) is 0.0710. The van der Waals surface area contributed by atoms with Gasteiger partial charge >= 0.3 is 0 Å². The molecule has 0 radical (unpaired) electrons. The van der Waals surface area contributed by atoms with Crippen molar-refractivity contribution in [3.63, 3.8) is 0 Å². The lowest BCUT2D eigenvalue weighted by Gasteiger charge is -2.24. The second-order valence-electron chi connectivity index (χ2n) is 7.00. The van der Waals surface area contributed by atoms with Gasteiger partial charge in [-0.3, -0.25) is 4.79 Å². The number of aromatic amines is 1. The normalized spacial score (nSPS) is 16.5. The number of carbonyl (C=O) groups is 1. The van der Waals surface area contributed by atoms with Crippen LogP contribution >= 0.6 is 23.2 Å². The molecule has 2 aromatic carbocycles. The van der Waals surface area contributed by atoms with Gasteiger partial charge in [-0.1, -0.05) is 47.5 Å². The summed E-state index contributed by atoms with van der Waals surface area (Å²) < 4.78 is 0. The van der Waals surface area contributed by atoms with Gasteiger partial charge in [0, 0.05) is 27.7 Å². The summed E-state index contributed by atoms with van der Waals surface area (Å²) in [6, 6.07) is 11.8. The van der Waals surface area contributed by atoms with E-state index in [0.717, 1.165) is 41.3 Å². The third-order valence-electron chi connectivity index (χ3n) is 5.18. The first-order valence-corrected chi connectivity index (χ1v) is 9.59. The molecule has 0 fully saturated rings. The van der Waals surface area contributed by atoms with Crippen molar-refractivity contribution in [2.24, 2.45) is 0 Å². The Bertz CT molecular complexity index is 993. The zero-order valence-corrected chi connectivity index (χ0v) is 16.0. The molecule has 0 saturated heterocycles. The molecule has 0 bridgehead atoms. The summed E-state index contributed by atoms with van der Waals surface area (Å²) in [7, 11) is 0. The lowest BCUT2D eigenvalue weighted by molar-refractivity contribution is -0.121. The van der Waals surface area contributed by atoms with Crippen molar-refractivity contribution >= 4 is 40.0 Å². The summed E-state index contributed by atoms with van der Waals surface area (Å²) in [6.07, 6.45) is 3.02. The molecule has 0 spiro atoms. The predicted molar refractivity (Wildman–Crippen MR) is 107 cm³/mol. The van der Waals surface area contributed by atoms with Gasteiger partial charge in [-0.15, -0.1) is 0 Å². The Hall–Kier alpha value is -1.97. The van der Waals surface area contributed by atoms with E-state index in [1.165, 1.54) is 11.3 Å². The fraction of sp³-hybridized carbons (Fsp3) is 0.286. The van der Waals surface area contributed by atoms with Gasteiger partial charge < -0.3 is 10.3 Å². The van der Waals surface area contributed by atoms with Crippen LogP contribution in [0.25, 0.3) is 10.9 Å². The fourth-order valence-corrected chi connectivity index (χ4v) is 4.46. The smallest absolute Gasteiger partial charge is 0.224 e. The van der Waals surface area contributed by atoms with Crippen molar-refractivity contribution in [3.8, 4) is 0 Å². The minimum absolute atomic E-state index is 0.0710. The molecule has 26 heavy (non-hydrogen) atoms. The molecule has 1 unspecified atom stereocenters. The van der Waals surface area contributed by atoms with E-state index in [4.69, 9.17) is 23.2 Å². The highest BCUT2D eigenvalue weighted by Crippen LogP contribution is 2.35. The zero-order valence-electron chi connectivity index (χ0n) is 14.5. The standard InChI is InChI=1S/C21H20Cl2N2O/c1-12-4-2-3-5-13(12)8-20(26)24-15-6-7-18-16(11-15)21-17(23)9-14(22)10-19(21)25-18/h2-5,9-10,15,25H,6-8,11H2,1H3,(H,24,26). The van der Waals surface area contributed by atoms with Gasteiger partial charge in [-0.05, 0) is 55.0 Å². The van der Waals surface area contributed by atoms with E-state index < -0.39 is 0 Å². The Morgan fingerprint density at radius 3 is 2.88 bits per heavy atom. The summed E-state index contributed by atoms with van der Waals surface area (Å²) in [6.45, 7) is 2.04. The van der Waals surface area contributed by atoms with Crippen LogP contribution in [0.2, 0.25) is 10.0 Å². The Morgan fingerprint density at radius 1 is 1.27 bits per heavy atom. The largest absolute Gasteiger partial charge is 0.358 e. The average Bonchev–Trinajstić information content (AvgIpc) is 2.94. The van der Waals surface area contributed by atoms with Crippen molar-refractivity contribution in [1.82, 2.24) is 10.3 Å². The molecule has 1 aliphatic carbocycles. The molecule has 1 amide bonds. The summed E-state index contributed by atoms with van der Waals surface area (Å²) in [5, 5.41) is 5.52. The Morgan fingerprint density at radius 2 is 2.08 bits per heavy atom. The first kappa shape index (κ1) is 17.4. The lowest BCUT2D eigenvalue weighted by Crippen LogP contribution is -2.39. The molecule has 1 aliphatic rings. The molecular weight excluding hydrogens is 367 g/mol. The number of aromatic nitrogens is 1. The molecule has 0 saturated carbocycles. The molecule has 1 aromatic heterocycles. The number of H-pyrrole nitrogens is 1. The van der Waals surface area contributed by atoms with Gasteiger partial charge in [-0.25, -0.2) is 0 Å². The van der Waals surface area contributed by atoms with Crippen LogP contribution in [0.4, 0.5) is 0 Å². The summed E-state index contributed by atoms with van der Waals surface area (Å²) >= 11 is 12.5. The summed E-state index contributed by atoms with van der Waals surface area (Å²) in [4.78, 5) is 15.9. The molecule has 0 aliphatic heterocycles. The number of amides is 1. The van der Waals surface area contributed by atoms with E-state index >= 15 is 0 Å². The van der Waals surface area contributed by atoms with Crippen LogP contribution < -0.4 is 5.32 Å². The van der Waals surface area contributed by atoms with Crippen LogP contribution in [0, 0.1) is 6.92 Å². The summed E-state index contributed by atoms with van der Waals surface area (Å²) in [5.41, 5.74) is 5.60. The molecule has 3 aromatic rings. The lowest BCUT2D eigenvalue weighted by atomic mass is 9.91. The first-order chi connectivity index (χ1) is 12.5. The van der Waals surface area contributed by atoms with Crippen LogP contribution in [0.3, 0.4) is 0 Å². The van der Waals surface area contributed by atoms with Crippen LogP contribution in [-0.4, -0.2) is 16.9 Å². The first-order valence-electron chi connectivity index (χ1n) is 8.83. The van der Waals surface area contributed by atoms with Gasteiger partial charge in [0.1, 0.15) is 0 Å². The maximum absolute atomic E-state index is 12.5. The number of halogens is 2. The zero-order chi connectivity index (χ0) is 18.3. The minimum Gasteiger partial charge on any atom is -0.358 e. The molecule has 1 heterocycles. The number of fused-ring (bicyclic) bond motifs is 3. The van der Waals surface area contributed by atoms with E-state index in [-0.39, 0.29) is 11.9 Å². The van der Waals surface area contributed by atoms with E-state index in [9.17, 15) is 4.79 Å². The number of carbonyl (C=O) groups excluding carboxylic acids is 1. The second-order valence-corrected chi connectivity index (χ2v) is 7.85. The van der Waals surface area contributed by atoms with Crippen LogP contribution in [-0.2, 0) is 24.1 Å². The van der Waals surface area contributed by atoms with E-state index in [2.05, 4.69) is 10.3 Å². The van der Waals surface area contributed by atoms with Crippen molar-refractivity contribution in [2.75, 3.05) is 0 Å². The molecule has 1 atom stereocenters. The number of rotatable bonds is 3. The maximum Gasteiger partial charge on any atom is 0.224 e. The molecule has 2 N–H and O–H groups in total. The van der Waals surface area contributed by atoms with E-state index in [0.29, 0.717) is 16.5 Å². The third kappa shape index (κ3) is 3.34. The number of hydrogen-bond donors (Lipinski definition) is 2. The molecule has 4 rings (SSSR count). The Balaban J connectivity index is 1.51. The third-order valence-corrected chi connectivity index (χ3v) is 5.69. The quantitative estimate of drug-likeness (QED) is 0.653. The predicted octanol–water partition coefficient (Wildman–Crippen LogP) is 5.00. The van der Waals surface area contributed by atoms with E-state index in [1.807, 2.05) is 37.3 Å². The number of aryl methyl sites for hydroxylation is 2. The van der Waals surface area contributed by atoms with Crippen LogP contribution in [0.15, 0.2) is 36.4 Å². The molecule has 5 heteroatoms. The van der Waals surface area contributed by atoms with Crippen molar-refractivity contribution in [1.29, 1.82) is 0 Å². The van der Waals surface area contributed by atoms with Gasteiger partial charge in [0.15, 0.2) is 0 Å². The highest BCUT2D eigenvalue weighted by molar-refractivity contribution is 6.38. The molecular formula is C21H20Cl2N2O. The molecule has 134 valence electrons. The van der Waals surface area contributed by atoms with Gasteiger partial charge in [-0.2, -0.15) is 0 Å². The van der Waals surface area contributed by atoms with Crippen LogP contribution in [0.5, 0.6) is 0 Å². The highest BCUT2D eigenvalue weighted by Gasteiger charge is 2.25. The van der Waals surface area contributed by atoms with Crippen molar-refractivity contribution in [3.05, 3.63) is 68.8 Å². The molecule has 3 nitrogen and oxygen atoms in total. The maximum atomic E-state index is 12.5. The fourth-order valence-electron chi connectivity index (χ4n) is 3.86. The van der Waals surface area contributed by atoms with Gasteiger partial charge in [0.25, 0.3) is 0 Å². The minimum atomic E-state index is 0.0710. The second kappa shape index (κ2) is 6.98. The number of hydrogen-bond acceptors (Lipinski definition) is 1. The number of nitrogens with one attached hydrogen (secondary N) is 2. The average molecular weight is 387 g/mol. The Kier molecular flexibility index (Phi) is 4.68. The van der Waals surface area contributed by atoms with Gasteiger partial charge in [0.05, 0.1) is 11.4 Å². The highest BCUT2D eigenvalue weighted by atomic mass is 35.5. The van der Waals surface area contributed by atoms with Crippen LogP contribution in [0.1, 0.15) is 28.8 Å². The SMILES string of the molecule is Cc1ccccc1CC(=O)NC1CCc2[nH]c3cc(Cl)cc(Cl)c3c2C1. The van der Waals surface area contributed by atoms with Crippen molar-refractivity contribution in [2.45, 2.75) is 38.6 Å². The topological polar surface area (TPSA) is 44.9 Å². The van der Waals surface area contributed by atoms with E-state index in [1.54, 1.807) is 6.07 Å². The number of benzene rings is 2.